The fraction of sp³-hybridized carbons (Fsp3) is 0.235. The molecule has 37 heavy (non-hydrogen) atoms. The maximum absolute atomic E-state index is 4.75. The van der Waals surface area contributed by atoms with Crippen molar-refractivity contribution in [2.24, 2.45) is 5.92 Å². The Bertz CT molecular complexity index is 1460. The van der Waals surface area contributed by atoms with Crippen LogP contribution >= 0.6 is 0 Å². The summed E-state index contributed by atoms with van der Waals surface area (Å²) < 4.78 is 2.21. The van der Waals surface area contributed by atoms with E-state index in [-0.39, 0.29) is 0 Å². The van der Waals surface area contributed by atoms with Crippen molar-refractivity contribution in [1.82, 2.24) is 14.8 Å². The van der Waals surface area contributed by atoms with Gasteiger partial charge in [-0.15, -0.1) is 10.2 Å². The summed E-state index contributed by atoms with van der Waals surface area (Å²) in [5, 5.41) is 9.49. The van der Waals surface area contributed by atoms with Crippen LogP contribution in [0.25, 0.3) is 39.6 Å². The first kappa shape index (κ1) is 24.7. The molecule has 0 spiro atoms. The van der Waals surface area contributed by atoms with Gasteiger partial charge in [-0.3, -0.25) is 4.57 Å². The van der Waals surface area contributed by atoms with Crippen LogP contribution in [0.2, 0.25) is 0 Å². The average molecular weight is 486 g/mol. The highest BCUT2D eigenvalue weighted by Gasteiger charge is 2.20. The smallest absolute Gasteiger partial charge is 0.169 e. The lowest BCUT2D eigenvalue weighted by atomic mass is 9.91. The number of rotatable bonds is 7. The average Bonchev–Trinajstić information content (AvgIpc) is 3.33. The Morgan fingerprint density at radius 3 is 1.78 bits per heavy atom. The highest BCUT2D eigenvalue weighted by atomic mass is 15.3. The Labute approximate surface area is 220 Å². The molecule has 1 heterocycles. The maximum Gasteiger partial charge on any atom is 0.169 e. The quantitative estimate of drug-likeness (QED) is 0.230. The van der Waals surface area contributed by atoms with Crippen LogP contribution in [0.3, 0.4) is 0 Å². The monoisotopic (exact) mass is 485 g/mol. The van der Waals surface area contributed by atoms with Crippen LogP contribution < -0.4 is 0 Å². The number of aromatic nitrogens is 3. The van der Waals surface area contributed by atoms with E-state index in [1.807, 2.05) is 6.07 Å². The van der Waals surface area contributed by atoms with Gasteiger partial charge in [0.15, 0.2) is 11.6 Å². The fourth-order valence-corrected chi connectivity index (χ4v) is 5.28. The van der Waals surface area contributed by atoms with Crippen LogP contribution in [0.5, 0.6) is 0 Å². The molecule has 0 aliphatic rings. The Morgan fingerprint density at radius 2 is 1.16 bits per heavy atom. The van der Waals surface area contributed by atoms with Crippen molar-refractivity contribution in [2.75, 3.05) is 0 Å². The van der Waals surface area contributed by atoms with Crippen LogP contribution in [0.1, 0.15) is 49.8 Å². The third-order valence-electron chi connectivity index (χ3n) is 7.16. The number of hydrogen-bond donors (Lipinski definition) is 0. The first-order chi connectivity index (χ1) is 17.9. The topological polar surface area (TPSA) is 30.7 Å². The van der Waals surface area contributed by atoms with E-state index in [4.69, 9.17) is 10.2 Å². The molecule has 0 bridgehead atoms. The van der Waals surface area contributed by atoms with E-state index < -0.39 is 0 Å². The van der Waals surface area contributed by atoms with Crippen LogP contribution in [0.15, 0.2) is 97.1 Å². The summed E-state index contributed by atoms with van der Waals surface area (Å²) in [5.41, 5.74) is 9.40. The second-order valence-electron chi connectivity index (χ2n) is 10.5. The molecule has 1 atom stereocenters. The van der Waals surface area contributed by atoms with Crippen molar-refractivity contribution in [3.63, 3.8) is 0 Å². The zero-order chi connectivity index (χ0) is 25.9. The highest BCUT2D eigenvalue weighted by molar-refractivity contribution is 5.72. The molecule has 0 aliphatic heterocycles. The van der Waals surface area contributed by atoms with E-state index in [1.54, 1.807) is 0 Å². The van der Waals surface area contributed by atoms with Gasteiger partial charge in [0.1, 0.15) is 0 Å². The predicted molar refractivity (Wildman–Crippen MR) is 155 cm³/mol. The van der Waals surface area contributed by atoms with Gasteiger partial charge in [-0.25, -0.2) is 0 Å². The van der Waals surface area contributed by atoms with Gasteiger partial charge in [0, 0.05) is 16.8 Å². The Kier molecular flexibility index (Phi) is 7.05. The second kappa shape index (κ2) is 10.6. The highest BCUT2D eigenvalue weighted by Crippen LogP contribution is 2.34. The minimum atomic E-state index is 0.530. The molecular weight excluding hydrogens is 450 g/mol. The van der Waals surface area contributed by atoms with Crippen LogP contribution in [-0.2, 0) is 0 Å². The fourth-order valence-electron chi connectivity index (χ4n) is 5.28. The predicted octanol–water partition coefficient (Wildman–Crippen LogP) is 9.03. The molecule has 0 saturated heterocycles. The molecule has 5 rings (SSSR count). The number of benzene rings is 4. The summed E-state index contributed by atoms with van der Waals surface area (Å²) in [7, 11) is 0. The van der Waals surface area contributed by atoms with Crippen molar-refractivity contribution >= 4 is 0 Å². The zero-order valence-electron chi connectivity index (χ0n) is 22.4. The summed E-state index contributed by atoms with van der Waals surface area (Å²) >= 11 is 0. The number of nitrogens with zero attached hydrogens (tertiary/aromatic N) is 3. The minimum absolute atomic E-state index is 0.530. The molecule has 186 valence electrons. The SMILES string of the molecule is Cc1cccc(C)c1-c1nnc(-c2ccc(C(C)CC(C)C)cc2)n1-c1ccc(-c2ccccc2)cc1. The standard InChI is InChI=1S/C34H35N3/c1-23(2)22-26(5)27-14-16-30(17-15-27)33-35-36-34(32-24(3)10-9-11-25(32)4)37(33)31-20-18-29(19-21-31)28-12-7-6-8-13-28/h6-21,23,26H,22H2,1-5H3. The van der Waals surface area contributed by atoms with Gasteiger partial charge in [0.25, 0.3) is 0 Å². The maximum atomic E-state index is 4.75. The molecule has 1 aromatic heterocycles. The molecule has 3 heteroatoms. The van der Waals surface area contributed by atoms with Gasteiger partial charge in [0.05, 0.1) is 0 Å². The second-order valence-corrected chi connectivity index (χ2v) is 10.5. The van der Waals surface area contributed by atoms with Gasteiger partial charge < -0.3 is 0 Å². The van der Waals surface area contributed by atoms with Crippen LogP contribution in [-0.4, -0.2) is 14.8 Å². The summed E-state index contributed by atoms with van der Waals surface area (Å²) in [6, 6.07) is 34.5. The molecule has 1 unspecified atom stereocenters. The Morgan fingerprint density at radius 1 is 0.595 bits per heavy atom. The van der Waals surface area contributed by atoms with Gasteiger partial charge in [-0.1, -0.05) is 106 Å². The molecule has 3 nitrogen and oxygen atoms in total. The molecule has 5 aromatic rings. The van der Waals surface area contributed by atoms with Crippen molar-refractivity contribution in [3.8, 4) is 39.6 Å². The largest absolute Gasteiger partial charge is 0.275 e. The van der Waals surface area contributed by atoms with Crippen LogP contribution in [0.4, 0.5) is 0 Å². The molecule has 0 saturated carbocycles. The summed E-state index contributed by atoms with van der Waals surface area (Å²) in [4.78, 5) is 0. The van der Waals surface area contributed by atoms with Crippen molar-refractivity contribution in [3.05, 3.63) is 114 Å². The molecule has 4 aromatic carbocycles. The number of hydrogen-bond acceptors (Lipinski definition) is 2. The van der Waals surface area contributed by atoms with Crippen molar-refractivity contribution < 1.29 is 0 Å². The summed E-state index contributed by atoms with van der Waals surface area (Å²) in [6.07, 6.45) is 1.18. The lowest BCUT2D eigenvalue weighted by molar-refractivity contribution is 0.524. The van der Waals surface area contributed by atoms with E-state index in [2.05, 4.69) is 130 Å². The molecule has 0 N–H and O–H groups in total. The van der Waals surface area contributed by atoms with Crippen LogP contribution in [0, 0.1) is 19.8 Å². The van der Waals surface area contributed by atoms with E-state index in [1.165, 1.54) is 34.2 Å². The molecule has 0 radical (unpaired) electrons. The van der Waals surface area contributed by atoms with Crippen molar-refractivity contribution in [2.45, 2.75) is 47.0 Å². The third kappa shape index (κ3) is 5.13. The van der Waals surface area contributed by atoms with E-state index in [0.717, 1.165) is 28.5 Å². The van der Waals surface area contributed by atoms with Crippen molar-refractivity contribution in [1.29, 1.82) is 0 Å². The molecule has 0 amide bonds. The third-order valence-corrected chi connectivity index (χ3v) is 7.16. The van der Waals surface area contributed by atoms with Gasteiger partial charge >= 0.3 is 0 Å². The first-order valence-electron chi connectivity index (χ1n) is 13.2. The Balaban J connectivity index is 1.62. The van der Waals surface area contributed by atoms with E-state index in [0.29, 0.717) is 11.8 Å². The van der Waals surface area contributed by atoms with E-state index in [9.17, 15) is 0 Å². The van der Waals surface area contributed by atoms with E-state index >= 15 is 0 Å². The molecular formula is C34H35N3. The minimum Gasteiger partial charge on any atom is -0.275 e. The molecule has 0 fully saturated rings. The number of aryl methyl sites for hydroxylation is 2. The van der Waals surface area contributed by atoms with Gasteiger partial charge in [-0.2, -0.15) is 0 Å². The molecule has 0 aliphatic carbocycles. The normalized spacial score (nSPS) is 12.2. The zero-order valence-corrected chi connectivity index (χ0v) is 22.4. The first-order valence-corrected chi connectivity index (χ1v) is 13.2. The lowest BCUT2D eigenvalue weighted by Gasteiger charge is -2.16. The van der Waals surface area contributed by atoms with Gasteiger partial charge in [0.2, 0.25) is 0 Å². The summed E-state index contributed by atoms with van der Waals surface area (Å²) in [5.74, 6) is 2.93. The van der Waals surface area contributed by atoms with Gasteiger partial charge in [-0.05, 0) is 72.1 Å². The summed E-state index contributed by atoms with van der Waals surface area (Å²) in [6.45, 7) is 11.2. The Hall–Kier alpha value is -3.98. The lowest BCUT2D eigenvalue weighted by Crippen LogP contribution is -2.03.